The number of nitrogens with one attached hydrogen (secondary N) is 2. The van der Waals surface area contributed by atoms with Crippen molar-refractivity contribution in [3.05, 3.63) is 29.8 Å². The maximum Gasteiger partial charge on any atom is 0.259 e. The van der Waals surface area contributed by atoms with Gasteiger partial charge in [0.25, 0.3) is 5.91 Å². The molecule has 1 rings (SSSR count). The number of methoxy groups -OCH3 is 1. The molecule has 0 saturated heterocycles. The number of amides is 1. The molecule has 0 aliphatic carbocycles. The molecule has 1 aromatic carbocycles. The van der Waals surface area contributed by atoms with Crippen molar-refractivity contribution in [2.24, 2.45) is 10.4 Å². The Labute approximate surface area is 192 Å². The number of rotatable bonds is 9. The van der Waals surface area contributed by atoms with Crippen LogP contribution in [0.2, 0.25) is 0 Å². The van der Waals surface area contributed by atoms with E-state index < -0.39 is 0 Å². The molecule has 0 saturated carbocycles. The van der Waals surface area contributed by atoms with Gasteiger partial charge in [-0.25, -0.2) is 4.99 Å². The number of aliphatic imine (C=N–C) groups is 1. The van der Waals surface area contributed by atoms with E-state index >= 15 is 0 Å². The topological polar surface area (TPSA) is 75.2 Å². The van der Waals surface area contributed by atoms with Crippen LogP contribution in [-0.2, 0) is 16.1 Å². The minimum atomic E-state index is -0.0754. The summed E-state index contributed by atoms with van der Waals surface area (Å²) >= 11 is 0. The Kier molecular flexibility index (Phi) is 12.9. The van der Waals surface area contributed by atoms with Crippen LogP contribution in [0.3, 0.4) is 0 Å². The number of guanidine groups is 1. The summed E-state index contributed by atoms with van der Waals surface area (Å²) in [6.45, 7) is 10.5. The van der Waals surface area contributed by atoms with Crippen LogP contribution in [0.1, 0.15) is 33.3 Å². The first-order valence-electron chi connectivity index (χ1n) is 9.64. The van der Waals surface area contributed by atoms with Gasteiger partial charge in [-0.15, -0.1) is 24.0 Å². The van der Waals surface area contributed by atoms with Crippen LogP contribution in [0.4, 0.5) is 0 Å². The number of ether oxygens (including phenoxy) is 2. The van der Waals surface area contributed by atoms with Crippen molar-refractivity contribution in [2.45, 2.75) is 40.3 Å². The van der Waals surface area contributed by atoms with Crippen molar-refractivity contribution in [3.8, 4) is 5.75 Å². The smallest absolute Gasteiger partial charge is 0.259 e. The van der Waals surface area contributed by atoms with Gasteiger partial charge in [0, 0.05) is 34.3 Å². The van der Waals surface area contributed by atoms with Crippen molar-refractivity contribution < 1.29 is 14.3 Å². The number of halogens is 1. The van der Waals surface area contributed by atoms with E-state index in [-0.39, 0.29) is 48.0 Å². The molecule has 0 aliphatic rings. The number of likely N-dealkylation sites (N-methyl/N-ethyl adjacent to an activating group) is 1. The summed E-state index contributed by atoms with van der Waals surface area (Å²) in [6, 6.07) is 7.64. The molecule has 0 bridgehead atoms. The fraction of sp³-hybridized carbons (Fsp3) is 0.619. The van der Waals surface area contributed by atoms with Gasteiger partial charge in [-0.05, 0) is 30.0 Å². The highest BCUT2D eigenvalue weighted by molar-refractivity contribution is 14.0. The predicted molar refractivity (Wildman–Crippen MR) is 129 cm³/mol. The molecule has 1 unspecified atom stereocenters. The van der Waals surface area contributed by atoms with Crippen LogP contribution in [0.5, 0.6) is 5.75 Å². The molecular formula is C21H37IN4O3. The normalized spacial score (nSPS) is 12.6. The van der Waals surface area contributed by atoms with Crippen LogP contribution < -0.4 is 15.4 Å². The van der Waals surface area contributed by atoms with E-state index in [2.05, 4.69) is 36.4 Å². The molecule has 1 atom stereocenters. The third kappa shape index (κ3) is 10.7. The Morgan fingerprint density at radius 2 is 1.93 bits per heavy atom. The highest BCUT2D eigenvalue weighted by Gasteiger charge is 2.24. The first-order chi connectivity index (χ1) is 13.2. The number of hydrogen-bond donors (Lipinski definition) is 2. The lowest BCUT2D eigenvalue weighted by molar-refractivity contribution is -0.130. The molecule has 7 nitrogen and oxygen atoms in total. The second kappa shape index (κ2) is 13.6. The standard InChI is InChI=1S/C21H36N4O3.HI/c1-8-22-20(24-14-18(27-7)21(2,3)4)23-13-16-10-9-11-17(12-16)28-15-19(26)25(5)6;/h9-12,18H,8,13-15H2,1-7H3,(H2,22,23,24);1H. The lowest BCUT2D eigenvalue weighted by Gasteiger charge is -2.30. The first kappa shape index (κ1) is 27.5. The zero-order valence-corrected chi connectivity index (χ0v) is 21.1. The summed E-state index contributed by atoms with van der Waals surface area (Å²) in [6.07, 6.45) is 0.0716. The fourth-order valence-corrected chi connectivity index (χ4v) is 2.45. The molecular weight excluding hydrogens is 483 g/mol. The molecule has 2 N–H and O–H groups in total. The summed E-state index contributed by atoms with van der Waals surface area (Å²) < 4.78 is 11.2. The number of hydrogen-bond acceptors (Lipinski definition) is 4. The summed E-state index contributed by atoms with van der Waals surface area (Å²) in [5, 5.41) is 6.60. The molecule has 0 radical (unpaired) electrons. The molecule has 29 heavy (non-hydrogen) atoms. The van der Waals surface area contributed by atoms with E-state index in [0.29, 0.717) is 18.8 Å². The van der Waals surface area contributed by atoms with Crippen molar-refractivity contribution in [2.75, 3.05) is 40.9 Å². The van der Waals surface area contributed by atoms with E-state index in [0.717, 1.165) is 18.1 Å². The lowest BCUT2D eigenvalue weighted by Crippen LogP contribution is -2.45. The maximum atomic E-state index is 11.7. The van der Waals surface area contributed by atoms with Gasteiger partial charge in [-0.2, -0.15) is 0 Å². The van der Waals surface area contributed by atoms with Crippen LogP contribution in [0, 0.1) is 5.41 Å². The van der Waals surface area contributed by atoms with E-state index in [1.807, 2.05) is 31.2 Å². The monoisotopic (exact) mass is 520 g/mol. The lowest BCUT2D eigenvalue weighted by atomic mass is 9.89. The average Bonchev–Trinajstić information content (AvgIpc) is 2.63. The van der Waals surface area contributed by atoms with Gasteiger partial charge < -0.3 is 25.0 Å². The minimum Gasteiger partial charge on any atom is -0.484 e. The molecule has 0 aliphatic heterocycles. The van der Waals surface area contributed by atoms with Crippen molar-refractivity contribution >= 4 is 35.8 Å². The average molecular weight is 520 g/mol. The molecule has 1 aromatic rings. The van der Waals surface area contributed by atoms with E-state index in [9.17, 15) is 4.79 Å². The van der Waals surface area contributed by atoms with Gasteiger partial charge in [0.15, 0.2) is 12.6 Å². The fourth-order valence-electron chi connectivity index (χ4n) is 2.45. The second-order valence-corrected chi connectivity index (χ2v) is 7.89. The summed E-state index contributed by atoms with van der Waals surface area (Å²) in [5.74, 6) is 1.32. The van der Waals surface area contributed by atoms with Crippen molar-refractivity contribution in [1.82, 2.24) is 15.5 Å². The molecule has 0 heterocycles. The van der Waals surface area contributed by atoms with Crippen molar-refractivity contribution in [1.29, 1.82) is 0 Å². The quantitative estimate of drug-likeness (QED) is 0.298. The Hall–Kier alpha value is -1.55. The number of benzene rings is 1. The zero-order chi connectivity index (χ0) is 21.2. The third-order valence-corrected chi connectivity index (χ3v) is 4.23. The molecule has 0 fully saturated rings. The van der Waals surface area contributed by atoms with Crippen LogP contribution in [-0.4, -0.2) is 63.8 Å². The molecule has 1 amide bonds. The minimum absolute atomic E-state index is 0. The highest BCUT2D eigenvalue weighted by atomic mass is 127. The van der Waals surface area contributed by atoms with Gasteiger partial charge in [0.1, 0.15) is 5.75 Å². The number of carbonyl (C=O) groups excluding carboxylic acids is 1. The van der Waals surface area contributed by atoms with Gasteiger partial charge in [-0.1, -0.05) is 32.9 Å². The largest absolute Gasteiger partial charge is 0.484 e. The Balaban J connectivity index is 0.00000784. The van der Waals surface area contributed by atoms with Crippen molar-refractivity contribution in [3.63, 3.8) is 0 Å². The van der Waals surface area contributed by atoms with Crippen LogP contribution >= 0.6 is 24.0 Å². The number of carbonyl (C=O) groups is 1. The van der Waals surface area contributed by atoms with Gasteiger partial charge in [0.2, 0.25) is 0 Å². The first-order valence-corrected chi connectivity index (χ1v) is 9.64. The molecule has 8 heteroatoms. The highest BCUT2D eigenvalue weighted by Crippen LogP contribution is 2.21. The Morgan fingerprint density at radius 3 is 2.48 bits per heavy atom. The summed E-state index contributed by atoms with van der Waals surface area (Å²) in [5.41, 5.74) is 1.04. The maximum absolute atomic E-state index is 11.7. The third-order valence-electron chi connectivity index (χ3n) is 4.23. The molecule has 0 spiro atoms. The molecule has 0 aromatic heterocycles. The van der Waals surface area contributed by atoms with Gasteiger partial charge >= 0.3 is 0 Å². The summed E-state index contributed by atoms with van der Waals surface area (Å²) in [7, 11) is 5.15. The SMILES string of the molecule is CCNC(=NCc1cccc(OCC(=O)N(C)C)c1)NCC(OC)C(C)(C)C.I. The Morgan fingerprint density at radius 1 is 1.24 bits per heavy atom. The second-order valence-electron chi connectivity index (χ2n) is 7.89. The van der Waals surface area contributed by atoms with Gasteiger partial charge in [-0.3, -0.25) is 4.79 Å². The van der Waals surface area contributed by atoms with Gasteiger partial charge in [0.05, 0.1) is 12.6 Å². The number of nitrogens with zero attached hydrogens (tertiary/aromatic N) is 2. The van der Waals surface area contributed by atoms with E-state index in [1.165, 1.54) is 4.90 Å². The Bertz CT molecular complexity index is 645. The van der Waals surface area contributed by atoms with Crippen LogP contribution in [0.25, 0.3) is 0 Å². The predicted octanol–water partition coefficient (Wildman–Crippen LogP) is 2.89. The summed E-state index contributed by atoms with van der Waals surface area (Å²) in [4.78, 5) is 17.8. The van der Waals surface area contributed by atoms with Crippen LogP contribution in [0.15, 0.2) is 29.3 Å². The van der Waals surface area contributed by atoms with E-state index in [4.69, 9.17) is 9.47 Å². The van der Waals surface area contributed by atoms with E-state index in [1.54, 1.807) is 21.2 Å². The zero-order valence-electron chi connectivity index (χ0n) is 18.7. The molecule has 166 valence electrons.